The third kappa shape index (κ3) is 4.82. The molecule has 0 bridgehead atoms. The highest BCUT2D eigenvalue weighted by Gasteiger charge is 2.12. The number of rotatable bonds is 6. The maximum absolute atomic E-state index is 12.0. The Labute approximate surface area is 139 Å². The molecule has 2 rings (SSSR count). The highest BCUT2D eigenvalue weighted by molar-refractivity contribution is 8.00. The number of nitrogens with one attached hydrogen (secondary N) is 1. The van der Waals surface area contributed by atoms with Crippen LogP contribution in [0.1, 0.15) is 24.1 Å². The van der Waals surface area contributed by atoms with E-state index in [1.165, 1.54) is 23.9 Å². The molecule has 0 spiro atoms. The fraction of sp³-hybridized carbons (Fsp3) is 0.235. The molecule has 6 heteroatoms. The molecule has 0 aliphatic heterocycles. The number of hydrogen-bond acceptors (Lipinski definition) is 4. The Morgan fingerprint density at radius 3 is 2.48 bits per heavy atom. The first-order valence-corrected chi connectivity index (χ1v) is 8.18. The molecule has 5 nitrogen and oxygen atoms in total. The number of carbonyl (C=O) groups excluding carboxylic acids is 1. The molecule has 0 saturated carbocycles. The van der Waals surface area contributed by atoms with Gasteiger partial charge in [-0.2, -0.15) is 0 Å². The molecule has 0 fully saturated rings. The molecule has 0 radical (unpaired) electrons. The van der Waals surface area contributed by atoms with Gasteiger partial charge in [-0.3, -0.25) is 14.9 Å². The van der Waals surface area contributed by atoms with Crippen molar-refractivity contribution in [1.29, 1.82) is 0 Å². The van der Waals surface area contributed by atoms with Crippen molar-refractivity contribution in [3.8, 4) is 0 Å². The minimum absolute atomic E-state index is 0.0481. The predicted octanol–water partition coefficient (Wildman–Crippen LogP) is 3.87. The zero-order chi connectivity index (χ0) is 16.8. The molecular formula is C17H18N2O3S. The monoisotopic (exact) mass is 330 g/mol. The average molecular weight is 330 g/mol. The number of aryl methyl sites for hydroxylation is 1. The van der Waals surface area contributed by atoms with Crippen LogP contribution >= 0.6 is 11.8 Å². The van der Waals surface area contributed by atoms with Crippen LogP contribution in [-0.2, 0) is 4.79 Å². The molecule has 0 aliphatic carbocycles. The fourth-order valence-electron chi connectivity index (χ4n) is 2.25. The second-order valence-corrected chi connectivity index (χ2v) is 6.23. The molecule has 1 amide bonds. The van der Waals surface area contributed by atoms with Gasteiger partial charge >= 0.3 is 0 Å². The molecule has 1 N–H and O–H groups in total. The molecule has 0 aromatic heterocycles. The molecule has 120 valence electrons. The van der Waals surface area contributed by atoms with Crippen LogP contribution < -0.4 is 5.32 Å². The molecule has 1 atom stereocenters. The van der Waals surface area contributed by atoms with E-state index in [1.807, 2.05) is 38.1 Å². The number of nitro groups is 1. The van der Waals surface area contributed by atoms with Gasteiger partial charge in [-0.05, 0) is 37.1 Å². The van der Waals surface area contributed by atoms with E-state index in [0.717, 1.165) is 16.0 Å². The summed E-state index contributed by atoms with van der Waals surface area (Å²) in [5, 5.41) is 13.6. The number of thioether (sulfide) groups is 1. The van der Waals surface area contributed by atoms with Crippen molar-refractivity contribution < 1.29 is 9.72 Å². The van der Waals surface area contributed by atoms with Crippen molar-refractivity contribution in [3.63, 3.8) is 0 Å². The van der Waals surface area contributed by atoms with Crippen LogP contribution in [0.15, 0.2) is 53.4 Å². The maximum atomic E-state index is 12.0. The number of nitro benzene ring substituents is 1. The maximum Gasteiger partial charge on any atom is 0.269 e. The van der Waals surface area contributed by atoms with Gasteiger partial charge in [0, 0.05) is 17.0 Å². The minimum atomic E-state index is -0.439. The number of benzene rings is 2. The minimum Gasteiger partial charge on any atom is -0.349 e. The summed E-state index contributed by atoms with van der Waals surface area (Å²) in [6, 6.07) is 14.1. The van der Waals surface area contributed by atoms with Crippen LogP contribution in [0.5, 0.6) is 0 Å². The first-order valence-electron chi connectivity index (χ1n) is 7.19. The number of nitrogens with zero attached hydrogens (tertiary/aromatic N) is 1. The van der Waals surface area contributed by atoms with Crippen LogP contribution in [0.2, 0.25) is 0 Å². The van der Waals surface area contributed by atoms with E-state index in [0.29, 0.717) is 0 Å². The van der Waals surface area contributed by atoms with Crippen LogP contribution in [0.4, 0.5) is 5.69 Å². The first-order chi connectivity index (χ1) is 11.0. The number of hydrogen-bond donors (Lipinski definition) is 1. The van der Waals surface area contributed by atoms with Crippen molar-refractivity contribution in [2.75, 3.05) is 5.75 Å². The zero-order valence-electron chi connectivity index (χ0n) is 13.0. The van der Waals surface area contributed by atoms with Crippen LogP contribution in [-0.4, -0.2) is 16.6 Å². The lowest BCUT2D eigenvalue weighted by molar-refractivity contribution is -0.384. The van der Waals surface area contributed by atoms with E-state index in [2.05, 4.69) is 5.32 Å². The summed E-state index contributed by atoms with van der Waals surface area (Å²) in [6.07, 6.45) is 0. The Hall–Kier alpha value is -2.34. The molecule has 1 unspecified atom stereocenters. The molecule has 23 heavy (non-hydrogen) atoms. The Kier molecular flexibility index (Phi) is 5.76. The lowest BCUT2D eigenvalue weighted by Gasteiger charge is -2.16. The normalized spacial score (nSPS) is 11.7. The third-order valence-corrected chi connectivity index (χ3v) is 4.46. The van der Waals surface area contributed by atoms with Crippen LogP contribution in [0, 0.1) is 17.0 Å². The number of non-ortho nitro benzene ring substituents is 1. The molecule has 0 aliphatic rings. The van der Waals surface area contributed by atoms with Crippen molar-refractivity contribution in [2.45, 2.75) is 24.8 Å². The van der Waals surface area contributed by atoms with E-state index in [9.17, 15) is 14.9 Å². The lowest BCUT2D eigenvalue weighted by Crippen LogP contribution is -2.28. The average Bonchev–Trinajstić information content (AvgIpc) is 2.53. The van der Waals surface area contributed by atoms with Gasteiger partial charge < -0.3 is 5.32 Å². The van der Waals surface area contributed by atoms with Gasteiger partial charge in [-0.15, -0.1) is 11.8 Å². The highest BCUT2D eigenvalue weighted by Crippen LogP contribution is 2.22. The van der Waals surface area contributed by atoms with Crippen molar-refractivity contribution >= 4 is 23.4 Å². The fourth-order valence-corrected chi connectivity index (χ4v) is 2.96. The van der Waals surface area contributed by atoms with Crippen LogP contribution in [0.3, 0.4) is 0 Å². The van der Waals surface area contributed by atoms with E-state index in [4.69, 9.17) is 0 Å². The Morgan fingerprint density at radius 1 is 1.22 bits per heavy atom. The third-order valence-electron chi connectivity index (χ3n) is 3.45. The van der Waals surface area contributed by atoms with Crippen molar-refractivity contribution in [2.24, 2.45) is 0 Å². The number of carbonyl (C=O) groups is 1. The summed E-state index contributed by atoms with van der Waals surface area (Å²) in [7, 11) is 0. The van der Waals surface area contributed by atoms with E-state index < -0.39 is 4.92 Å². The topological polar surface area (TPSA) is 72.2 Å². The summed E-state index contributed by atoms with van der Waals surface area (Å²) in [6.45, 7) is 3.97. The molecule has 2 aromatic rings. The SMILES string of the molecule is Cc1ccccc1C(C)NC(=O)CSc1ccc([N+](=O)[O-])cc1. The predicted molar refractivity (Wildman–Crippen MR) is 91.6 cm³/mol. The molecule has 0 saturated heterocycles. The van der Waals surface area contributed by atoms with Gasteiger partial charge in [0.15, 0.2) is 0 Å². The van der Waals surface area contributed by atoms with Gasteiger partial charge in [0.2, 0.25) is 5.91 Å². The summed E-state index contributed by atoms with van der Waals surface area (Å²) < 4.78 is 0. The van der Waals surface area contributed by atoms with Crippen molar-refractivity contribution in [3.05, 3.63) is 69.8 Å². The van der Waals surface area contributed by atoms with Crippen molar-refractivity contribution in [1.82, 2.24) is 5.32 Å². The first kappa shape index (κ1) is 17.0. The van der Waals surface area contributed by atoms with Gasteiger partial charge in [0.05, 0.1) is 16.7 Å². The Bertz CT molecular complexity index is 701. The van der Waals surface area contributed by atoms with Gasteiger partial charge in [0.1, 0.15) is 0 Å². The smallest absolute Gasteiger partial charge is 0.269 e. The largest absolute Gasteiger partial charge is 0.349 e. The Morgan fingerprint density at radius 2 is 1.87 bits per heavy atom. The molecular weight excluding hydrogens is 312 g/mol. The molecule has 2 aromatic carbocycles. The quantitative estimate of drug-likeness (QED) is 0.496. The highest BCUT2D eigenvalue weighted by atomic mass is 32.2. The Balaban J connectivity index is 1.87. The van der Waals surface area contributed by atoms with Gasteiger partial charge in [-0.25, -0.2) is 0 Å². The van der Waals surface area contributed by atoms with E-state index in [-0.39, 0.29) is 23.4 Å². The van der Waals surface area contributed by atoms with Crippen LogP contribution in [0.25, 0.3) is 0 Å². The zero-order valence-corrected chi connectivity index (χ0v) is 13.8. The second-order valence-electron chi connectivity index (χ2n) is 5.19. The van der Waals surface area contributed by atoms with E-state index in [1.54, 1.807) is 12.1 Å². The standard InChI is InChI=1S/C17H18N2O3S/c1-12-5-3-4-6-16(12)13(2)18-17(20)11-23-15-9-7-14(8-10-15)19(21)22/h3-10,13H,11H2,1-2H3,(H,18,20). The van der Waals surface area contributed by atoms with Gasteiger partial charge in [0.25, 0.3) is 5.69 Å². The number of amides is 1. The second kappa shape index (κ2) is 7.78. The summed E-state index contributed by atoms with van der Waals surface area (Å²) in [5.41, 5.74) is 2.29. The summed E-state index contributed by atoms with van der Waals surface area (Å²) in [5.74, 6) is 0.206. The van der Waals surface area contributed by atoms with E-state index >= 15 is 0 Å². The summed E-state index contributed by atoms with van der Waals surface area (Å²) in [4.78, 5) is 23.0. The lowest BCUT2D eigenvalue weighted by atomic mass is 10.0. The summed E-state index contributed by atoms with van der Waals surface area (Å²) >= 11 is 1.36. The van der Waals surface area contributed by atoms with Gasteiger partial charge in [-0.1, -0.05) is 24.3 Å². The molecule has 0 heterocycles.